The monoisotopic (exact) mass is 142 g/mol. The summed E-state index contributed by atoms with van der Waals surface area (Å²) in [6.45, 7) is 10.3. The van der Waals surface area contributed by atoms with Crippen LogP contribution in [-0.4, -0.2) is 5.60 Å². The van der Waals surface area contributed by atoms with Crippen LogP contribution >= 0.6 is 0 Å². The van der Waals surface area contributed by atoms with Crippen LogP contribution in [0.15, 0.2) is 11.8 Å². The highest BCUT2D eigenvalue weighted by atomic mass is 16.5. The lowest BCUT2D eigenvalue weighted by molar-refractivity contribution is 0.0748. The Bertz CT molecular complexity index is 117. The first kappa shape index (κ1) is 9.54. The van der Waals surface area contributed by atoms with Gasteiger partial charge in [-0.15, -0.1) is 0 Å². The van der Waals surface area contributed by atoms with E-state index in [0.29, 0.717) is 0 Å². The molecule has 0 spiro atoms. The van der Waals surface area contributed by atoms with Crippen LogP contribution in [0.2, 0.25) is 0 Å². The van der Waals surface area contributed by atoms with E-state index >= 15 is 0 Å². The summed E-state index contributed by atoms with van der Waals surface area (Å²) in [7, 11) is 0. The Kier molecular flexibility index (Phi) is 3.48. The maximum atomic E-state index is 5.42. The van der Waals surface area contributed by atoms with Crippen molar-refractivity contribution in [2.24, 2.45) is 0 Å². The minimum Gasteiger partial charge on any atom is -0.496 e. The fourth-order valence-electron chi connectivity index (χ4n) is 0.361. The molecule has 0 aromatic carbocycles. The zero-order chi connectivity index (χ0) is 8.20. The van der Waals surface area contributed by atoms with Crippen LogP contribution in [0.25, 0.3) is 0 Å². The summed E-state index contributed by atoms with van der Waals surface area (Å²) in [5.74, 6) is 0. The zero-order valence-electron chi connectivity index (χ0n) is 7.69. The van der Waals surface area contributed by atoms with Crippen molar-refractivity contribution in [1.29, 1.82) is 0 Å². The molecule has 0 radical (unpaired) electrons. The third kappa shape index (κ3) is 5.67. The van der Waals surface area contributed by atoms with Crippen LogP contribution in [0.4, 0.5) is 0 Å². The molecule has 0 heterocycles. The molecule has 0 aromatic heterocycles. The molecule has 0 aliphatic rings. The minimum atomic E-state index is -0.0452. The van der Waals surface area contributed by atoms with Gasteiger partial charge < -0.3 is 4.74 Å². The van der Waals surface area contributed by atoms with Crippen LogP contribution in [0, 0.1) is 0 Å². The van der Waals surface area contributed by atoms with E-state index in [1.165, 1.54) is 5.57 Å². The first-order chi connectivity index (χ1) is 4.45. The Morgan fingerprint density at radius 3 is 2.20 bits per heavy atom. The molecule has 10 heavy (non-hydrogen) atoms. The highest BCUT2D eigenvalue weighted by Gasteiger charge is 2.07. The number of hydrogen-bond donors (Lipinski definition) is 0. The maximum absolute atomic E-state index is 5.42. The quantitative estimate of drug-likeness (QED) is 0.538. The average molecular weight is 142 g/mol. The van der Waals surface area contributed by atoms with Gasteiger partial charge in [-0.2, -0.15) is 0 Å². The number of ether oxygens (including phenoxy) is 1. The molecule has 0 fully saturated rings. The second kappa shape index (κ2) is 3.65. The summed E-state index contributed by atoms with van der Waals surface area (Å²) in [5, 5.41) is 0. The molecule has 1 heteroatoms. The standard InChI is InChI=1S/C9H18O/c1-6-8(2)7-10-9(3,4)5/h7H,6H2,1-5H3. The van der Waals surface area contributed by atoms with E-state index in [-0.39, 0.29) is 5.60 Å². The average Bonchev–Trinajstić information content (AvgIpc) is 1.81. The normalized spacial score (nSPS) is 13.5. The fraction of sp³-hybridized carbons (Fsp3) is 0.778. The van der Waals surface area contributed by atoms with Gasteiger partial charge in [0.2, 0.25) is 0 Å². The van der Waals surface area contributed by atoms with E-state index in [4.69, 9.17) is 4.74 Å². The van der Waals surface area contributed by atoms with Crippen molar-refractivity contribution in [2.75, 3.05) is 0 Å². The van der Waals surface area contributed by atoms with Crippen LogP contribution in [0.3, 0.4) is 0 Å². The first-order valence-corrected chi connectivity index (χ1v) is 3.79. The molecule has 0 rings (SSSR count). The van der Waals surface area contributed by atoms with Gasteiger partial charge in [0.25, 0.3) is 0 Å². The second-order valence-corrected chi connectivity index (χ2v) is 3.55. The van der Waals surface area contributed by atoms with Gasteiger partial charge in [0.1, 0.15) is 0 Å². The van der Waals surface area contributed by atoms with Gasteiger partial charge in [0.05, 0.1) is 11.9 Å². The molecule has 60 valence electrons. The van der Waals surface area contributed by atoms with Crippen molar-refractivity contribution < 1.29 is 4.74 Å². The minimum absolute atomic E-state index is 0.0452. The highest BCUT2D eigenvalue weighted by Crippen LogP contribution is 2.09. The summed E-state index contributed by atoms with van der Waals surface area (Å²) in [6.07, 6.45) is 2.91. The van der Waals surface area contributed by atoms with E-state index < -0.39 is 0 Å². The smallest absolute Gasteiger partial charge is 0.0998 e. The molecule has 0 aliphatic heterocycles. The molecular formula is C9H18O. The Balaban J connectivity index is 3.73. The predicted molar refractivity (Wildman–Crippen MR) is 44.9 cm³/mol. The number of allylic oxidation sites excluding steroid dienone is 1. The van der Waals surface area contributed by atoms with Crippen molar-refractivity contribution in [1.82, 2.24) is 0 Å². The van der Waals surface area contributed by atoms with Gasteiger partial charge in [-0.05, 0) is 39.7 Å². The van der Waals surface area contributed by atoms with Crippen LogP contribution in [0.5, 0.6) is 0 Å². The molecule has 0 aromatic rings. The zero-order valence-corrected chi connectivity index (χ0v) is 7.69. The summed E-state index contributed by atoms with van der Waals surface area (Å²) >= 11 is 0. The molecule has 0 atom stereocenters. The number of rotatable bonds is 2. The Morgan fingerprint density at radius 1 is 1.40 bits per heavy atom. The summed E-state index contributed by atoms with van der Waals surface area (Å²) in [5.41, 5.74) is 1.24. The fourth-order valence-corrected chi connectivity index (χ4v) is 0.361. The predicted octanol–water partition coefficient (Wildman–Crippen LogP) is 3.12. The van der Waals surface area contributed by atoms with E-state index in [2.05, 4.69) is 13.8 Å². The van der Waals surface area contributed by atoms with Gasteiger partial charge in [-0.3, -0.25) is 0 Å². The van der Waals surface area contributed by atoms with Gasteiger partial charge in [0, 0.05) is 0 Å². The number of hydrogen-bond acceptors (Lipinski definition) is 1. The lowest BCUT2D eigenvalue weighted by Crippen LogP contribution is -2.15. The highest BCUT2D eigenvalue weighted by molar-refractivity contribution is 4.92. The molecule has 0 saturated carbocycles. The van der Waals surface area contributed by atoms with Crippen LogP contribution < -0.4 is 0 Å². The molecule has 0 unspecified atom stereocenters. The van der Waals surface area contributed by atoms with Crippen LogP contribution in [-0.2, 0) is 4.74 Å². The third-order valence-corrected chi connectivity index (χ3v) is 1.17. The van der Waals surface area contributed by atoms with Gasteiger partial charge in [-0.1, -0.05) is 6.92 Å². The van der Waals surface area contributed by atoms with Crippen molar-refractivity contribution >= 4 is 0 Å². The lowest BCUT2D eigenvalue weighted by atomic mass is 10.2. The van der Waals surface area contributed by atoms with E-state index in [1.807, 2.05) is 27.0 Å². The largest absolute Gasteiger partial charge is 0.496 e. The van der Waals surface area contributed by atoms with Gasteiger partial charge in [-0.25, -0.2) is 0 Å². The summed E-state index contributed by atoms with van der Waals surface area (Å²) < 4.78 is 5.42. The van der Waals surface area contributed by atoms with Gasteiger partial charge >= 0.3 is 0 Å². The second-order valence-electron chi connectivity index (χ2n) is 3.55. The molecule has 1 nitrogen and oxygen atoms in total. The van der Waals surface area contributed by atoms with E-state index in [1.54, 1.807) is 0 Å². The topological polar surface area (TPSA) is 9.23 Å². The Labute approximate surface area is 64.1 Å². The molecule has 0 amide bonds. The summed E-state index contributed by atoms with van der Waals surface area (Å²) in [6, 6.07) is 0. The van der Waals surface area contributed by atoms with Crippen molar-refractivity contribution in [2.45, 2.75) is 46.6 Å². The Morgan fingerprint density at radius 2 is 1.90 bits per heavy atom. The van der Waals surface area contributed by atoms with E-state index in [0.717, 1.165) is 6.42 Å². The first-order valence-electron chi connectivity index (χ1n) is 3.79. The van der Waals surface area contributed by atoms with E-state index in [9.17, 15) is 0 Å². The lowest BCUT2D eigenvalue weighted by Gasteiger charge is -2.18. The maximum Gasteiger partial charge on any atom is 0.0998 e. The molecule has 0 bridgehead atoms. The molecule has 0 aliphatic carbocycles. The third-order valence-electron chi connectivity index (χ3n) is 1.17. The van der Waals surface area contributed by atoms with Gasteiger partial charge in [0.15, 0.2) is 0 Å². The SMILES string of the molecule is CCC(C)=COC(C)(C)C. The molecular weight excluding hydrogens is 124 g/mol. The molecule has 0 saturated heterocycles. The molecule has 0 N–H and O–H groups in total. The van der Waals surface area contributed by atoms with Crippen molar-refractivity contribution in [3.05, 3.63) is 11.8 Å². The summed E-state index contributed by atoms with van der Waals surface area (Å²) in [4.78, 5) is 0. The van der Waals surface area contributed by atoms with Crippen molar-refractivity contribution in [3.8, 4) is 0 Å². The van der Waals surface area contributed by atoms with Crippen LogP contribution in [0.1, 0.15) is 41.0 Å². The Hall–Kier alpha value is -0.460. The van der Waals surface area contributed by atoms with Crippen molar-refractivity contribution in [3.63, 3.8) is 0 Å².